The molecule has 2 atom stereocenters. The largest absolute Gasteiger partial charge is 0.391 e. The molecule has 34 heavy (non-hydrogen) atoms. The molecule has 2 aromatic carbocycles. The predicted molar refractivity (Wildman–Crippen MR) is 133 cm³/mol. The number of anilines is 1. The van der Waals surface area contributed by atoms with E-state index in [1.54, 1.807) is 10.8 Å². The van der Waals surface area contributed by atoms with Gasteiger partial charge in [-0.2, -0.15) is 0 Å². The van der Waals surface area contributed by atoms with Crippen molar-refractivity contribution in [3.05, 3.63) is 83.7 Å². The van der Waals surface area contributed by atoms with Gasteiger partial charge in [0.15, 0.2) is 0 Å². The zero-order chi connectivity index (χ0) is 23.2. The highest BCUT2D eigenvalue weighted by Gasteiger charge is 2.26. The van der Waals surface area contributed by atoms with Crippen LogP contribution in [0.5, 0.6) is 0 Å². The van der Waals surface area contributed by atoms with E-state index in [1.807, 2.05) is 65.4 Å². The summed E-state index contributed by atoms with van der Waals surface area (Å²) in [4.78, 5) is 22.1. The van der Waals surface area contributed by atoms with Crippen LogP contribution in [0.4, 0.5) is 5.82 Å². The molecule has 0 unspecified atom stereocenters. The van der Waals surface area contributed by atoms with Crippen molar-refractivity contribution in [2.45, 2.75) is 12.6 Å². The normalized spacial score (nSPS) is 18.1. The zero-order valence-corrected chi connectivity index (χ0v) is 18.4. The van der Waals surface area contributed by atoms with Crippen molar-refractivity contribution in [2.24, 2.45) is 5.92 Å². The number of fused-ring (bicyclic) bond motifs is 2. The van der Waals surface area contributed by atoms with E-state index in [4.69, 9.17) is 5.73 Å². The Morgan fingerprint density at radius 1 is 1.09 bits per heavy atom. The fourth-order valence-corrected chi connectivity index (χ4v) is 4.86. The molecule has 170 valence electrons. The molecule has 8 heteroatoms. The standard InChI is InChI=1S/C26H24N6O2/c27-24-23-21(14-31(25(23)30-15-29-24)13-18-11-28-12-22(18)33)17-7-6-16-8-9-32(26(34)20(16)10-17)19-4-2-1-3-5-19/h1-10,14-15,18,22,28,33H,11-13H2,(H2,27,29,30)/t18-,22-/m0/s1. The first-order chi connectivity index (χ1) is 16.6. The minimum Gasteiger partial charge on any atom is -0.391 e. The van der Waals surface area contributed by atoms with Gasteiger partial charge in [-0.05, 0) is 35.2 Å². The van der Waals surface area contributed by atoms with E-state index in [0.29, 0.717) is 24.3 Å². The van der Waals surface area contributed by atoms with Crippen molar-refractivity contribution >= 4 is 27.6 Å². The number of aromatic nitrogens is 4. The summed E-state index contributed by atoms with van der Waals surface area (Å²) in [5, 5.41) is 15.8. The van der Waals surface area contributed by atoms with Gasteiger partial charge in [-0.3, -0.25) is 9.36 Å². The molecule has 1 fully saturated rings. The highest BCUT2D eigenvalue weighted by molar-refractivity contribution is 6.02. The number of nitrogens with zero attached hydrogens (tertiary/aromatic N) is 4. The molecule has 5 aromatic rings. The molecule has 0 bridgehead atoms. The zero-order valence-electron chi connectivity index (χ0n) is 18.4. The third-order valence-electron chi connectivity index (χ3n) is 6.67. The molecule has 1 aliphatic rings. The molecule has 3 aromatic heterocycles. The third kappa shape index (κ3) is 3.35. The van der Waals surface area contributed by atoms with Crippen molar-refractivity contribution in [2.75, 3.05) is 18.8 Å². The number of nitrogen functional groups attached to an aromatic ring is 1. The van der Waals surface area contributed by atoms with Crippen LogP contribution in [-0.4, -0.2) is 43.4 Å². The number of nitrogens with one attached hydrogen (secondary N) is 1. The topological polar surface area (TPSA) is 111 Å². The Bertz CT molecular complexity index is 1570. The SMILES string of the molecule is Nc1ncnc2c1c(-c1ccc3ccn(-c4ccccc4)c(=O)c3c1)cn2C[C@@H]1CNC[C@@H]1O. The molecule has 6 rings (SSSR count). The van der Waals surface area contributed by atoms with E-state index in [-0.39, 0.29) is 11.5 Å². The van der Waals surface area contributed by atoms with Gasteiger partial charge in [-0.15, -0.1) is 0 Å². The summed E-state index contributed by atoms with van der Waals surface area (Å²) in [6, 6.07) is 17.4. The Hall–Kier alpha value is -4.01. The Kier molecular flexibility index (Phi) is 4.90. The number of nitrogens with two attached hydrogens (primary N) is 1. The molecule has 0 aliphatic carbocycles. The summed E-state index contributed by atoms with van der Waals surface area (Å²) in [6.07, 6.45) is 4.86. The van der Waals surface area contributed by atoms with Gasteiger partial charge < -0.3 is 20.7 Å². The fraction of sp³-hybridized carbons (Fsp3) is 0.192. The summed E-state index contributed by atoms with van der Waals surface area (Å²) in [7, 11) is 0. The quantitative estimate of drug-likeness (QED) is 0.387. The van der Waals surface area contributed by atoms with E-state index in [9.17, 15) is 9.90 Å². The first-order valence-corrected chi connectivity index (χ1v) is 11.3. The number of β-amino-alcohol motifs (C(OH)–C–C–N with tert-alkyl or cyclic N) is 1. The number of aliphatic hydroxyl groups is 1. The second kappa shape index (κ2) is 8.09. The summed E-state index contributed by atoms with van der Waals surface area (Å²) in [5.41, 5.74) is 9.48. The van der Waals surface area contributed by atoms with Gasteiger partial charge >= 0.3 is 0 Å². The van der Waals surface area contributed by atoms with Crippen LogP contribution >= 0.6 is 0 Å². The van der Waals surface area contributed by atoms with E-state index < -0.39 is 6.10 Å². The van der Waals surface area contributed by atoms with Gasteiger partial charge in [-0.1, -0.05) is 30.3 Å². The maximum absolute atomic E-state index is 13.4. The number of hydrogen-bond acceptors (Lipinski definition) is 6. The van der Waals surface area contributed by atoms with Crippen molar-refractivity contribution < 1.29 is 5.11 Å². The Balaban J connectivity index is 1.51. The summed E-state index contributed by atoms with van der Waals surface area (Å²) >= 11 is 0. The fourth-order valence-electron chi connectivity index (χ4n) is 4.86. The summed E-state index contributed by atoms with van der Waals surface area (Å²) in [6.45, 7) is 1.94. The van der Waals surface area contributed by atoms with Crippen LogP contribution in [0.25, 0.3) is 38.6 Å². The molecule has 4 heterocycles. The van der Waals surface area contributed by atoms with Crippen molar-refractivity contribution in [1.82, 2.24) is 24.4 Å². The van der Waals surface area contributed by atoms with Gasteiger partial charge in [0.05, 0.1) is 11.5 Å². The molecule has 0 amide bonds. The Morgan fingerprint density at radius 3 is 2.74 bits per heavy atom. The number of aliphatic hydroxyl groups excluding tert-OH is 1. The molecule has 1 saturated heterocycles. The lowest BCUT2D eigenvalue weighted by molar-refractivity contribution is 0.138. The van der Waals surface area contributed by atoms with Crippen LogP contribution in [0.3, 0.4) is 0 Å². The van der Waals surface area contributed by atoms with Gasteiger partial charge in [0.1, 0.15) is 17.8 Å². The average Bonchev–Trinajstić information content (AvgIpc) is 3.44. The maximum atomic E-state index is 13.4. The Morgan fingerprint density at radius 2 is 1.94 bits per heavy atom. The first kappa shape index (κ1) is 20.6. The van der Waals surface area contributed by atoms with Gasteiger partial charge in [0.25, 0.3) is 5.56 Å². The predicted octanol–water partition coefficient (Wildman–Crippen LogP) is 2.56. The Labute approximate surface area is 195 Å². The number of rotatable bonds is 4. The molecule has 0 radical (unpaired) electrons. The van der Waals surface area contributed by atoms with Crippen LogP contribution < -0.4 is 16.6 Å². The first-order valence-electron chi connectivity index (χ1n) is 11.3. The number of para-hydroxylation sites is 1. The van der Waals surface area contributed by atoms with Crippen LogP contribution in [0.1, 0.15) is 0 Å². The van der Waals surface area contributed by atoms with Crippen LogP contribution in [0.2, 0.25) is 0 Å². The van der Waals surface area contributed by atoms with Crippen LogP contribution in [0, 0.1) is 5.92 Å². The molecule has 8 nitrogen and oxygen atoms in total. The number of hydrogen-bond donors (Lipinski definition) is 3. The highest BCUT2D eigenvalue weighted by atomic mass is 16.3. The maximum Gasteiger partial charge on any atom is 0.262 e. The van der Waals surface area contributed by atoms with Crippen LogP contribution in [-0.2, 0) is 6.54 Å². The molecule has 0 saturated carbocycles. The average molecular weight is 453 g/mol. The van der Waals surface area contributed by atoms with Gasteiger partial charge in [0, 0.05) is 54.6 Å². The lowest BCUT2D eigenvalue weighted by Crippen LogP contribution is -2.22. The van der Waals surface area contributed by atoms with Crippen molar-refractivity contribution in [1.29, 1.82) is 0 Å². The lowest BCUT2D eigenvalue weighted by Gasteiger charge is -2.14. The molecule has 0 spiro atoms. The van der Waals surface area contributed by atoms with Crippen molar-refractivity contribution in [3.63, 3.8) is 0 Å². The summed E-state index contributed by atoms with van der Waals surface area (Å²) < 4.78 is 3.68. The van der Waals surface area contributed by atoms with E-state index in [0.717, 1.165) is 39.8 Å². The molecule has 4 N–H and O–H groups in total. The van der Waals surface area contributed by atoms with E-state index in [1.165, 1.54) is 6.33 Å². The lowest BCUT2D eigenvalue weighted by atomic mass is 10.0. The number of pyridine rings is 1. The second-order valence-corrected chi connectivity index (χ2v) is 8.77. The second-order valence-electron chi connectivity index (χ2n) is 8.77. The molecular weight excluding hydrogens is 428 g/mol. The monoisotopic (exact) mass is 452 g/mol. The van der Waals surface area contributed by atoms with Crippen molar-refractivity contribution in [3.8, 4) is 16.8 Å². The van der Waals surface area contributed by atoms with E-state index in [2.05, 4.69) is 15.3 Å². The van der Waals surface area contributed by atoms with Gasteiger partial charge in [0.2, 0.25) is 0 Å². The third-order valence-corrected chi connectivity index (χ3v) is 6.67. The molecular formula is C26H24N6O2. The van der Waals surface area contributed by atoms with Gasteiger partial charge in [-0.25, -0.2) is 9.97 Å². The minimum atomic E-state index is -0.405. The summed E-state index contributed by atoms with van der Waals surface area (Å²) in [5.74, 6) is 0.466. The smallest absolute Gasteiger partial charge is 0.262 e. The van der Waals surface area contributed by atoms with Crippen LogP contribution in [0.15, 0.2) is 78.1 Å². The van der Waals surface area contributed by atoms with E-state index >= 15 is 0 Å². The minimum absolute atomic E-state index is 0.0781. The molecule has 1 aliphatic heterocycles. The highest BCUT2D eigenvalue weighted by Crippen LogP contribution is 2.34. The number of benzene rings is 2.